The Labute approximate surface area is 135 Å². The number of aliphatic hydroxyl groups excluding tert-OH is 1. The first-order valence-electron chi connectivity index (χ1n) is 4.96. The Morgan fingerprint density at radius 1 is 0.944 bits per heavy atom. The van der Waals surface area contributed by atoms with Crippen molar-refractivity contribution < 1.29 is 48.5 Å². The molecule has 0 bridgehead atoms. The van der Waals surface area contributed by atoms with Crippen molar-refractivity contribution in [1.29, 1.82) is 0 Å². The van der Waals surface area contributed by atoms with Crippen molar-refractivity contribution in [2.75, 3.05) is 0 Å². The van der Waals surface area contributed by atoms with Gasteiger partial charge in [-0.05, 0) is 10.4 Å². The number of benzene rings is 1. The van der Waals surface area contributed by atoms with E-state index in [4.69, 9.17) is 9.90 Å². The van der Waals surface area contributed by atoms with Gasteiger partial charge in [-0.3, -0.25) is 0 Å². The van der Waals surface area contributed by atoms with Crippen LogP contribution in [0.5, 0.6) is 0 Å². The fraction of sp³-hybridized carbons (Fsp3) is 0. The van der Waals surface area contributed by atoms with Gasteiger partial charge in [0.05, 0.1) is 0 Å². The van der Waals surface area contributed by atoms with Gasteiger partial charge in [0.1, 0.15) is 0 Å². The van der Waals surface area contributed by atoms with Crippen molar-refractivity contribution in [2.24, 2.45) is 0 Å². The number of nitrogens with zero attached hydrogens (tertiary/aromatic N) is 2. The average Bonchev–Trinajstić information content (AvgIpc) is 2.40. The molecule has 18 heavy (non-hydrogen) atoms. The molecule has 0 fully saturated rings. The molecule has 1 aromatic carbocycles. The van der Waals surface area contributed by atoms with Crippen molar-refractivity contribution >= 4 is 30.0 Å². The summed E-state index contributed by atoms with van der Waals surface area (Å²) in [5, 5.41) is 17.7. The van der Waals surface area contributed by atoms with Gasteiger partial charge < -0.3 is 20.5 Å². The zero-order valence-corrected chi connectivity index (χ0v) is 11.3. The molecule has 0 saturated heterocycles. The van der Waals surface area contributed by atoms with Crippen molar-refractivity contribution in [3.8, 4) is 0 Å². The summed E-state index contributed by atoms with van der Waals surface area (Å²) in [5.74, 6) is 0. The molecule has 4 nitrogen and oxygen atoms in total. The van der Waals surface area contributed by atoms with Crippen LogP contribution in [0, 0.1) is 38.6 Å². The van der Waals surface area contributed by atoms with Crippen molar-refractivity contribution in [3.05, 3.63) is 57.8 Å². The van der Waals surface area contributed by atoms with Crippen LogP contribution in [0.15, 0.2) is 36.7 Å². The van der Waals surface area contributed by atoms with E-state index < -0.39 is 0 Å². The summed E-state index contributed by atoms with van der Waals surface area (Å²) in [6.45, 7) is 0.500. The fourth-order valence-electron chi connectivity index (χ4n) is 1.68. The van der Waals surface area contributed by atoms with Crippen LogP contribution in [-0.2, 0) is 4.79 Å². The van der Waals surface area contributed by atoms with E-state index in [9.17, 15) is 0 Å². The summed E-state index contributed by atoms with van der Waals surface area (Å²) in [4.78, 5) is 8.24. The minimum atomic E-state index is 0. The molecule has 2 aliphatic rings. The number of allylic oxidation sites excluding steroid dienone is 2. The van der Waals surface area contributed by atoms with Gasteiger partial charge >= 0.3 is 38.6 Å². The van der Waals surface area contributed by atoms with E-state index in [-0.39, 0.29) is 38.6 Å². The Kier molecular flexibility index (Phi) is 6.01. The molecule has 0 atom stereocenters. The maximum Gasteiger partial charge on any atom is 3.00 e. The number of hydrogen-bond donors (Lipinski definition) is 1. The van der Waals surface area contributed by atoms with Crippen LogP contribution in [0.4, 0.5) is 11.4 Å². The Bertz CT molecular complexity index is 555. The summed E-state index contributed by atoms with van der Waals surface area (Å²) in [5.41, 5.74) is 1.95. The number of hydrogen-bond acceptors (Lipinski definition) is 1. The van der Waals surface area contributed by atoms with Gasteiger partial charge in [0.25, 0.3) is 0 Å². The summed E-state index contributed by atoms with van der Waals surface area (Å²) < 4.78 is 0. The zero-order valence-electron chi connectivity index (χ0n) is 9.20. The van der Waals surface area contributed by atoms with E-state index >= 15 is 0 Å². The predicted octanol–water partition coefficient (Wildman–Crippen LogP) is 1.92. The Morgan fingerprint density at radius 3 is 1.72 bits per heavy atom. The molecule has 1 N–H and O–H groups in total. The van der Waals surface area contributed by atoms with E-state index in [2.05, 4.69) is 34.9 Å². The quantitative estimate of drug-likeness (QED) is 0.695. The second-order valence-electron chi connectivity index (χ2n) is 3.31. The molecule has 0 unspecified atom stereocenters. The molecular formula is C13H9N2O2Tb. The third kappa shape index (κ3) is 3.17. The minimum Gasteiger partial charge on any atom is -0.665 e. The SMILES string of the molecule is C1=C[N-]c2c3c(ccc2=C1)=CC=C[N-]3.O=[C-]O.[Tb+3]. The summed E-state index contributed by atoms with van der Waals surface area (Å²) in [6, 6.07) is 4.15. The van der Waals surface area contributed by atoms with Crippen molar-refractivity contribution in [1.82, 2.24) is 0 Å². The second kappa shape index (κ2) is 7.28. The van der Waals surface area contributed by atoms with Crippen LogP contribution in [0.2, 0.25) is 0 Å². The van der Waals surface area contributed by atoms with Crippen molar-refractivity contribution in [2.45, 2.75) is 0 Å². The van der Waals surface area contributed by atoms with E-state index in [0.29, 0.717) is 6.47 Å². The topological polar surface area (TPSA) is 65.5 Å². The molecule has 0 amide bonds. The normalized spacial score (nSPS) is 12.7. The molecule has 2 heterocycles. The van der Waals surface area contributed by atoms with Crippen LogP contribution >= 0.6 is 0 Å². The van der Waals surface area contributed by atoms with Crippen LogP contribution in [0.1, 0.15) is 0 Å². The van der Waals surface area contributed by atoms with Gasteiger partial charge in [-0.2, -0.15) is 12.4 Å². The van der Waals surface area contributed by atoms with Gasteiger partial charge in [-0.1, -0.05) is 42.9 Å². The molecule has 3 rings (SSSR count). The predicted molar refractivity (Wildman–Crippen MR) is 67.3 cm³/mol. The monoisotopic (exact) mass is 384 g/mol. The molecule has 0 saturated carbocycles. The first-order valence-corrected chi connectivity index (χ1v) is 4.96. The molecule has 2 aliphatic heterocycles. The molecule has 0 aliphatic carbocycles. The minimum absolute atomic E-state index is 0. The molecule has 5 heteroatoms. The number of fused-ring (bicyclic) bond motifs is 3. The zero-order chi connectivity index (χ0) is 12.1. The van der Waals surface area contributed by atoms with Gasteiger partial charge in [-0.15, -0.1) is 11.4 Å². The van der Waals surface area contributed by atoms with Gasteiger partial charge in [0, 0.05) is 0 Å². The third-order valence-electron chi connectivity index (χ3n) is 2.34. The van der Waals surface area contributed by atoms with E-state index in [1.807, 2.05) is 12.2 Å². The Balaban J connectivity index is 0.000000372. The van der Waals surface area contributed by atoms with Crippen LogP contribution in [0.3, 0.4) is 0 Å². The molecule has 0 spiro atoms. The first-order chi connectivity index (χ1) is 8.36. The maximum absolute atomic E-state index is 8.24. The standard InChI is InChI=1S/C12H8N2.CHO2.Tb/c1-3-9-5-6-10-4-2-8-14-12(10)11(9)13-7-1;2-1-3;/h1-8H;(H,2,3);/q-2;-1;+3. The Hall–Kier alpha value is -1.20. The molecular weight excluding hydrogens is 375 g/mol. The Morgan fingerprint density at radius 2 is 1.33 bits per heavy atom. The second-order valence-corrected chi connectivity index (χ2v) is 3.31. The molecule has 0 aromatic heterocycles. The van der Waals surface area contributed by atoms with Gasteiger partial charge in [0.2, 0.25) is 0 Å². The first kappa shape index (κ1) is 14.9. The summed E-state index contributed by atoms with van der Waals surface area (Å²) >= 11 is 0. The van der Waals surface area contributed by atoms with Gasteiger partial charge in [0.15, 0.2) is 0 Å². The fourth-order valence-corrected chi connectivity index (χ4v) is 1.68. The van der Waals surface area contributed by atoms with Crippen molar-refractivity contribution in [3.63, 3.8) is 0 Å². The molecule has 0 radical (unpaired) electrons. The summed E-state index contributed by atoms with van der Waals surface area (Å²) in [6.07, 6.45) is 11.6. The molecule has 1 aromatic rings. The van der Waals surface area contributed by atoms with Crippen LogP contribution < -0.4 is 10.4 Å². The van der Waals surface area contributed by atoms with Crippen LogP contribution in [0.25, 0.3) is 22.8 Å². The average molecular weight is 384 g/mol. The van der Waals surface area contributed by atoms with E-state index in [0.717, 1.165) is 21.8 Å². The van der Waals surface area contributed by atoms with Crippen LogP contribution in [-0.4, -0.2) is 11.6 Å². The van der Waals surface area contributed by atoms with Gasteiger partial charge in [-0.25, -0.2) is 0 Å². The van der Waals surface area contributed by atoms with E-state index in [1.54, 1.807) is 12.4 Å². The smallest absolute Gasteiger partial charge is 0.665 e. The van der Waals surface area contributed by atoms with E-state index in [1.165, 1.54) is 0 Å². The summed E-state index contributed by atoms with van der Waals surface area (Å²) in [7, 11) is 0. The maximum atomic E-state index is 8.24. The third-order valence-corrected chi connectivity index (χ3v) is 2.34. The molecule has 92 valence electrons. The number of rotatable bonds is 0. The largest absolute Gasteiger partial charge is 3.00 e.